The number of amides is 1. The van der Waals surface area contributed by atoms with Crippen molar-refractivity contribution in [3.63, 3.8) is 0 Å². The minimum atomic E-state index is -1.03. The molecule has 5 heteroatoms. The summed E-state index contributed by atoms with van der Waals surface area (Å²) in [5, 5.41) is 11.2. The van der Waals surface area contributed by atoms with Crippen molar-refractivity contribution in [2.24, 2.45) is 0 Å². The lowest BCUT2D eigenvalue weighted by Gasteiger charge is -2.12. The molecule has 1 unspecified atom stereocenters. The molecule has 1 rings (SSSR count). The van der Waals surface area contributed by atoms with Crippen molar-refractivity contribution in [1.82, 2.24) is 5.32 Å². The summed E-state index contributed by atoms with van der Waals surface area (Å²) >= 11 is 0. The summed E-state index contributed by atoms with van der Waals surface area (Å²) in [5.41, 5.74) is 0.968. The van der Waals surface area contributed by atoms with E-state index in [2.05, 4.69) is 5.32 Å². The largest absolute Gasteiger partial charge is 0.480 e. The van der Waals surface area contributed by atoms with E-state index in [0.717, 1.165) is 5.56 Å². The molecular weight excluding hydrogens is 234 g/mol. The molecule has 98 valence electrons. The van der Waals surface area contributed by atoms with Crippen LogP contribution in [0.5, 0.6) is 0 Å². The summed E-state index contributed by atoms with van der Waals surface area (Å²) in [6.07, 6.45) is 0.347. The zero-order valence-electron chi connectivity index (χ0n) is 10.3. The second-order valence-corrected chi connectivity index (χ2v) is 3.84. The molecule has 0 aromatic heterocycles. The van der Waals surface area contributed by atoms with Crippen molar-refractivity contribution >= 4 is 11.9 Å². The highest BCUT2D eigenvalue weighted by Gasteiger charge is 2.17. The van der Waals surface area contributed by atoms with Gasteiger partial charge in [0, 0.05) is 0 Å². The molecule has 0 fully saturated rings. The van der Waals surface area contributed by atoms with Gasteiger partial charge in [-0.25, -0.2) is 4.79 Å². The van der Waals surface area contributed by atoms with E-state index in [1.165, 1.54) is 0 Å². The summed E-state index contributed by atoms with van der Waals surface area (Å²) in [5.74, 6) is -1.45. The Morgan fingerprint density at radius 1 is 1.33 bits per heavy atom. The lowest BCUT2D eigenvalue weighted by molar-refractivity contribution is -0.142. The van der Waals surface area contributed by atoms with Gasteiger partial charge in [-0.05, 0) is 12.0 Å². The van der Waals surface area contributed by atoms with E-state index in [1.807, 2.05) is 30.3 Å². The van der Waals surface area contributed by atoms with E-state index in [1.54, 1.807) is 6.92 Å². The molecule has 0 spiro atoms. The lowest BCUT2D eigenvalue weighted by Crippen LogP contribution is -2.41. The number of hydrogen-bond acceptors (Lipinski definition) is 3. The van der Waals surface area contributed by atoms with Gasteiger partial charge in [0.1, 0.15) is 12.6 Å². The van der Waals surface area contributed by atoms with Crippen LogP contribution in [0.3, 0.4) is 0 Å². The van der Waals surface area contributed by atoms with E-state index < -0.39 is 17.9 Å². The predicted octanol–water partition coefficient (Wildman–Crippen LogP) is 1.18. The summed E-state index contributed by atoms with van der Waals surface area (Å²) in [7, 11) is 0. The van der Waals surface area contributed by atoms with E-state index in [-0.39, 0.29) is 6.61 Å². The van der Waals surface area contributed by atoms with Crippen molar-refractivity contribution in [2.45, 2.75) is 26.0 Å². The second kappa shape index (κ2) is 7.45. The average molecular weight is 251 g/mol. The molecule has 0 heterocycles. The summed E-state index contributed by atoms with van der Waals surface area (Å²) in [6.45, 7) is 1.89. The number of rotatable bonds is 7. The number of aliphatic carboxylic acids is 1. The smallest absolute Gasteiger partial charge is 0.326 e. The number of carbonyl (C=O) groups excluding carboxylic acids is 1. The molecule has 0 saturated heterocycles. The first kappa shape index (κ1) is 14.2. The zero-order valence-corrected chi connectivity index (χ0v) is 10.3. The Balaban J connectivity index is 2.27. The van der Waals surface area contributed by atoms with Crippen LogP contribution >= 0.6 is 0 Å². The molecule has 1 aromatic carbocycles. The number of nitrogens with one attached hydrogen (secondary N) is 1. The number of ether oxygens (including phenoxy) is 1. The molecule has 0 saturated carbocycles. The molecule has 1 atom stereocenters. The Morgan fingerprint density at radius 2 is 2.00 bits per heavy atom. The van der Waals surface area contributed by atoms with Crippen LogP contribution in [0.1, 0.15) is 18.9 Å². The van der Waals surface area contributed by atoms with Gasteiger partial charge in [0.15, 0.2) is 0 Å². The van der Waals surface area contributed by atoms with Crippen LogP contribution in [0, 0.1) is 0 Å². The van der Waals surface area contributed by atoms with Gasteiger partial charge in [0.05, 0.1) is 6.61 Å². The van der Waals surface area contributed by atoms with Crippen LogP contribution in [-0.4, -0.2) is 29.6 Å². The Bertz CT molecular complexity index is 391. The van der Waals surface area contributed by atoms with Gasteiger partial charge in [-0.3, -0.25) is 4.79 Å². The monoisotopic (exact) mass is 251 g/mol. The molecule has 18 heavy (non-hydrogen) atoms. The topological polar surface area (TPSA) is 75.6 Å². The number of hydrogen-bond donors (Lipinski definition) is 2. The highest BCUT2D eigenvalue weighted by molar-refractivity contribution is 5.84. The van der Waals surface area contributed by atoms with Crippen molar-refractivity contribution in [2.75, 3.05) is 6.61 Å². The first-order valence-electron chi connectivity index (χ1n) is 5.77. The standard InChI is InChI=1S/C13H17NO4/c1-2-11(13(16)17)14-12(15)9-18-8-10-6-4-3-5-7-10/h3-7,11H,2,8-9H2,1H3,(H,14,15)(H,16,17). The van der Waals surface area contributed by atoms with Crippen LogP contribution in [0.2, 0.25) is 0 Å². The minimum absolute atomic E-state index is 0.140. The summed E-state index contributed by atoms with van der Waals surface area (Å²) < 4.78 is 5.20. The molecule has 1 amide bonds. The molecule has 0 radical (unpaired) electrons. The summed E-state index contributed by atoms with van der Waals surface area (Å²) in [6, 6.07) is 8.60. The Morgan fingerprint density at radius 3 is 2.56 bits per heavy atom. The lowest BCUT2D eigenvalue weighted by atomic mass is 10.2. The van der Waals surface area contributed by atoms with Crippen LogP contribution in [0.25, 0.3) is 0 Å². The van der Waals surface area contributed by atoms with E-state index in [4.69, 9.17) is 9.84 Å². The highest BCUT2D eigenvalue weighted by Crippen LogP contribution is 2.00. The van der Waals surface area contributed by atoms with E-state index in [9.17, 15) is 9.59 Å². The number of carboxylic acids is 1. The average Bonchev–Trinajstić information content (AvgIpc) is 2.37. The molecule has 0 aliphatic heterocycles. The quantitative estimate of drug-likeness (QED) is 0.763. The van der Waals surface area contributed by atoms with Crippen molar-refractivity contribution < 1.29 is 19.4 Å². The predicted molar refractivity (Wildman–Crippen MR) is 66.0 cm³/mol. The van der Waals surface area contributed by atoms with E-state index in [0.29, 0.717) is 13.0 Å². The van der Waals surface area contributed by atoms with Crippen LogP contribution in [0.15, 0.2) is 30.3 Å². The molecule has 5 nitrogen and oxygen atoms in total. The maximum atomic E-state index is 11.4. The van der Waals surface area contributed by atoms with Crippen LogP contribution in [-0.2, 0) is 20.9 Å². The maximum Gasteiger partial charge on any atom is 0.326 e. The SMILES string of the molecule is CCC(NC(=O)COCc1ccccc1)C(=O)O. The third-order valence-corrected chi connectivity index (χ3v) is 2.39. The number of benzene rings is 1. The zero-order chi connectivity index (χ0) is 13.4. The van der Waals surface area contributed by atoms with Crippen LogP contribution in [0.4, 0.5) is 0 Å². The fourth-order valence-corrected chi connectivity index (χ4v) is 1.41. The van der Waals surface area contributed by atoms with Gasteiger partial charge < -0.3 is 15.2 Å². The van der Waals surface area contributed by atoms with Gasteiger partial charge >= 0.3 is 5.97 Å². The van der Waals surface area contributed by atoms with Crippen molar-refractivity contribution in [1.29, 1.82) is 0 Å². The first-order chi connectivity index (χ1) is 8.63. The third-order valence-electron chi connectivity index (χ3n) is 2.39. The Kier molecular flexibility index (Phi) is 5.87. The van der Waals surface area contributed by atoms with E-state index >= 15 is 0 Å². The molecule has 2 N–H and O–H groups in total. The van der Waals surface area contributed by atoms with Gasteiger partial charge in [-0.15, -0.1) is 0 Å². The second-order valence-electron chi connectivity index (χ2n) is 3.84. The number of carboxylic acid groups (broad SMARTS) is 1. The minimum Gasteiger partial charge on any atom is -0.480 e. The van der Waals surface area contributed by atoms with Gasteiger partial charge in [0.25, 0.3) is 0 Å². The maximum absolute atomic E-state index is 11.4. The Hall–Kier alpha value is -1.88. The van der Waals surface area contributed by atoms with Gasteiger partial charge in [0.2, 0.25) is 5.91 Å². The van der Waals surface area contributed by atoms with Crippen molar-refractivity contribution in [3.8, 4) is 0 Å². The fourth-order valence-electron chi connectivity index (χ4n) is 1.41. The first-order valence-corrected chi connectivity index (χ1v) is 5.77. The summed E-state index contributed by atoms with van der Waals surface area (Å²) in [4.78, 5) is 22.1. The normalized spacial score (nSPS) is 11.8. The van der Waals surface area contributed by atoms with Crippen molar-refractivity contribution in [3.05, 3.63) is 35.9 Å². The molecule has 0 aliphatic rings. The van der Waals surface area contributed by atoms with Gasteiger partial charge in [-0.1, -0.05) is 37.3 Å². The number of carbonyl (C=O) groups is 2. The third kappa shape index (κ3) is 4.97. The Labute approximate surface area is 106 Å². The fraction of sp³-hybridized carbons (Fsp3) is 0.385. The molecule has 0 aliphatic carbocycles. The molecule has 1 aromatic rings. The van der Waals surface area contributed by atoms with Crippen LogP contribution < -0.4 is 5.32 Å². The molecule has 0 bridgehead atoms. The highest BCUT2D eigenvalue weighted by atomic mass is 16.5. The molecular formula is C13H17NO4. The van der Waals surface area contributed by atoms with Gasteiger partial charge in [-0.2, -0.15) is 0 Å².